The number of nitrogens with zero attached hydrogens (tertiary/aromatic N) is 2. The summed E-state index contributed by atoms with van der Waals surface area (Å²) < 4.78 is 28.3. The number of benzene rings is 3. The number of amides is 3. The second-order valence-corrected chi connectivity index (χ2v) is 10.2. The van der Waals surface area contributed by atoms with Crippen LogP contribution in [0.5, 0.6) is 0 Å². The fraction of sp³-hybridized carbons (Fsp3) is 0.0606. The van der Waals surface area contributed by atoms with Crippen molar-refractivity contribution in [2.75, 3.05) is 10.6 Å². The zero-order valence-corrected chi connectivity index (χ0v) is 23.4. The van der Waals surface area contributed by atoms with Crippen LogP contribution in [0.2, 0.25) is 0 Å². The fourth-order valence-corrected chi connectivity index (χ4v) is 4.94. The molecule has 0 spiro atoms. The largest absolute Gasteiger partial charge is 0.345 e. The van der Waals surface area contributed by atoms with Crippen LogP contribution in [-0.2, 0) is 16.1 Å². The van der Waals surface area contributed by atoms with Gasteiger partial charge in [0.05, 0.1) is 12.1 Å². The van der Waals surface area contributed by atoms with Crippen molar-refractivity contribution < 1.29 is 23.2 Å². The number of carbonyl (C=O) groups excluding carboxylic acids is 3. The maximum Gasteiger partial charge on any atom is 0.263 e. The van der Waals surface area contributed by atoms with Gasteiger partial charge in [0, 0.05) is 35.5 Å². The van der Waals surface area contributed by atoms with Crippen molar-refractivity contribution in [2.24, 2.45) is 0 Å². The quantitative estimate of drug-likeness (QED) is 0.193. The van der Waals surface area contributed by atoms with E-state index < -0.39 is 35.0 Å². The minimum Gasteiger partial charge on any atom is -0.345 e. The summed E-state index contributed by atoms with van der Waals surface area (Å²) in [6.07, 6.45) is 6.21. The molecule has 1 unspecified atom stereocenters. The van der Waals surface area contributed by atoms with Gasteiger partial charge in [0.2, 0.25) is 0 Å². The number of pyridine rings is 1. The first-order valence-corrected chi connectivity index (χ1v) is 13.7. The molecule has 0 radical (unpaired) electrons. The maximum atomic E-state index is 13.7. The Morgan fingerprint density at radius 3 is 2.53 bits per heavy atom. The van der Waals surface area contributed by atoms with Crippen LogP contribution in [0, 0.1) is 11.6 Å². The predicted molar refractivity (Wildman–Crippen MR) is 163 cm³/mol. The first-order valence-electron chi connectivity index (χ1n) is 13.7. The number of rotatable bonds is 8. The van der Waals surface area contributed by atoms with Gasteiger partial charge in [-0.25, -0.2) is 13.8 Å². The number of aromatic amines is 1. The zero-order chi connectivity index (χ0) is 31.5. The van der Waals surface area contributed by atoms with E-state index in [1.165, 1.54) is 29.0 Å². The lowest BCUT2D eigenvalue weighted by Crippen LogP contribution is -2.40. The van der Waals surface area contributed by atoms with Crippen molar-refractivity contribution in [1.29, 1.82) is 0 Å². The molecule has 3 aromatic carbocycles. The van der Waals surface area contributed by atoms with E-state index in [1.54, 1.807) is 67.0 Å². The number of hydrogen-bond acceptors (Lipinski definition) is 5. The smallest absolute Gasteiger partial charge is 0.263 e. The van der Waals surface area contributed by atoms with Crippen LogP contribution in [0.4, 0.5) is 20.2 Å². The predicted octanol–water partition coefficient (Wildman–Crippen LogP) is 4.50. The van der Waals surface area contributed by atoms with Crippen molar-refractivity contribution >= 4 is 40.7 Å². The monoisotopic (exact) mass is 606 g/mol. The number of fused-ring (bicyclic) bond motifs is 1. The molecule has 10 nitrogen and oxygen atoms in total. The summed E-state index contributed by atoms with van der Waals surface area (Å²) in [5, 5.41) is 8.23. The highest BCUT2D eigenvalue weighted by Gasteiger charge is 2.28. The highest BCUT2D eigenvalue weighted by Crippen LogP contribution is 2.35. The third-order valence-electron chi connectivity index (χ3n) is 7.14. The van der Waals surface area contributed by atoms with Gasteiger partial charge in [-0.2, -0.15) is 0 Å². The molecule has 0 fully saturated rings. The Hall–Kier alpha value is -6.17. The number of hydrogen-bond donors (Lipinski definition) is 4. The minimum atomic E-state index is -1.20. The van der Waals surface area contributed by atoms with Crippen LogP contribution in [0.1, 0.15) is 38.9 Å². The third-order valence-corrected chi connectivity index (χ3v) is 7.14. The van der Waals surface area contributed by atoms with Gasteiger partial charge in [0.1, 0.15) is 17.4 Å². The van der Waals surface area contributed by atoms with Crippen LogP contribution in [0.25, 0.3) is 11.6 Å². The number of anilines is 2. The number of carbonyl (C=O) groups is 3. The summed E-state index contributed by atoms with van der Waals surface area (Å²) >= 11 is 0. The SMILES string of the molecule is O=C1Nc2ccc(NC(=O)C(NC(=O)c3cccn(Cc4ccc(F)c(F)c4)c3=O)c3ccccc3)cc2C1=Cc1ncc[nH]1. The average molecular weight is 607 g/mol. The molecule has 0 saturated carbocycles. The van der Waals surface area contributed by atoms with E-state index in [-0.39, 0.29) is 18.0 Å². The first kappa shape index (κ1) is 28.9. The van der Waals surface area contributed by atoms with E-state index in [9.17, 15) is 28.0 Å². The molecule has 0 aliphatic carbocycles. The van der Waals surface area contributed by atoms with E-state index in [1.807, 2.05) is 0 Å². The summed E-state index contributed by atoms with van der Waals surface area (Å²) in [6, 6.07) is 18.3. The fourth-order valence-electron chi connectivity index (χ4n) is 4.94. The molecule has 0 bridgehead atoms. The van der Waals surface area contributed by atoms with Crippen molar-refractivity contribution in [2.45, 2.75) is 12.6 Å². The van der Waals surface area contributed by atoms with Gasteiger partial charge < -0.3 is 25.5 Å². The molecule has 4 N–H and O–H groups in total. The van der Waals surface area contributed by atoms with Gasteiger partial charge in [-0.1, -0.05) is 36.4 Å². The van der Waals surface area contributed by atoms with E-state index >= 15 is 0 Å². The summed E-state index contributed by atoms with van der Waals surface area (Å²) in [7, 11) is 0. The Bertz CT molecular complexity index is 2020. The number of H-pyrrole nitrogens is 1. The lowest BCUT2D eigenvalue weighted by Gasteiger charge is -2.19. The molecule has 1 atom stereocenters. The highest BCUT2D eigenvalue weighted by molar-refractivity contribution is 6.35. The Morgan fingerprint density at radius 1 is 0.956 bits per heavy atom. The van der Waals surface area contributed by atoms with Crippen molar-refractivity contribution in [3.8, 4) is 0 Å². The first-order chi connectivity index (χ1) is 21.8. The van der Waals surface area contributed by atoms with Crippen LogP contribution < -0.4 is 21.5 Å². The van der Waals surface area contributed by atoms with Gasteiger partial charge in [0.25, 0.3) is 23.3 Å². The van der Waals surface area contributed by atoms with Crippen LogP contribution in [-0.4, -0.2) is 32.3 Å². The Kier molecular flexibility index (Phi) is 7.85. The lowest BCUT2D eigenvalue weighted by molar-refractivity contribution is -0.118. The molecule has 3 heterocycles. The lowest BCUT2D eigenvalue weighted by atomic mass is 10.0. The van der Waals surface area contributed by atoms with Crippen molar-refractivity contribution in [1.82, 2.24) is 19.9 Å². The number of nitrogens with one attached hydrogen (secondary N) is 4. The van der Waals surface area contributed by atoms with Crippen LogP contribution >= 0.6 is 0 Å². The normalized spacial score (nSPS) is 13.6. The molecule has 1 aliphatic heterocycles. The second kappa shape index (κ2) is 12.2. The summed E-state index contributed by atoms with van der Waals surface area (Å²) in [6.45, 7) is -0.105. The molecule has 45 heavy (non-hydrogen) atoms. The average Bonchev–Trinajstić information content (AvgIpc) is 3.66. The van der Waals surface area contributed by atoms with Crippen molar-refractivity contribution in [3.05, 3.63) is 148 Å². The van der Waals surface area contributed by atoms with E-state index in [0.717, 1.165) is 12.1 Å². The zero-order valence-electron chi connectivity index (χ0n) is 23.4. The van der Waals surface area contributed by atoms with Crippen LogP contribution in [0.3, 0.4) is 0 Å². The minimum absolute atomic E-state index is 0.105. The van der Waals surface area contributed by atoms with E-state index in [0.29, 0.717) is 39.5 Å². The van der Waals surface area contributed by atoms with Gasteiger partial charge in [-0.05, 0) is 59.7 Å². The van der Waals surface area contributed by atoms with Gasteiger partial charge in [-0.15, -0.1) is 0 Å². The molecule has 5 aromatic rings. The van der Waals surface area contributed by atoms with Crippen molar-refractivity contribution in [3.63, 3.8) is 0 Å². The molecule has 224 valence electrons. The summed E-state index contributed by atoms with van der Waals surface area (Å²) in [5.74, 6) is -3.31. The van der Waals surface area contributed by atoms with Gasteiger partial charge in [-0.3, -0.25) is 19.2 Å². The highest BCUT2D eigenvalue weighted by atomic mass is 19.2. The molecule has 3 amide bonds. The van der Waals surface area contributed by atoms with E-state index in [4.69, 9.17) is 0 Å². The number of halogens is 2. The maximum absolute atomic E-state index is 13.7. The molecule has 1 aliphatic rings. The standard InChI is InChI=1S/C33H24F2N6O4/c34-25-10-8-19(15-26(25)35)18-41-14-4-7-22(33(41)45)30(42)40-29(20-5-2-1-3-6-20)32(44)38-21-9-11-27-23(16-21)24(31(43)39-27)17-28-36-12-13-37-28/h1-17,29H,18H2,(H,36,37)(H,38,44)(H,39,43)(H,40,42). The summed E-state index contributed by atoms with van der Waals surface area (Å²) in [5.41, 5.74) is 1.69. The Labute approximate surface area is 254 Å². The number of imidazole rings is 1. The van der Waals surface area contributed by atoms with Gasteiger partial charge >= 0.3 is 0 Å². The van der Waals surface area contributed by atoms with E-state index in [2.05, 4.69) is 25.9 Å². The molecule has 6 rings (SSSR count). The van der Waals surface area contributed by atoms with Crippen LogP contribution in [0.15, 0.2) is 102 Å². The molecule has 0 saturated heterocycles. The molecule has 12 heteroatoms. The topological polar surface area (TPSA) is 138 Å². The number of aromatic nitrogens is 3. The Morgan fingerprint density at radius 2 is 1.78 bits per heavy atom. The molecular formula is C33H24F2N6O4. The van der Waals surface area contributed by atoms with Gasteiger partial charge in [0.15, 0.2) is 11.6 Å². The Balaban J connectivity index is 1.25. The summed E-state index contributed by atoms with van der Waals surface area (Å²) in [4.78, 5) is 59.9. The second-order valence-electron chi connectivity index (χ2n) is 10.2. The molecule has 2 aromatic heterocycles. The third kappa shape index (κ3) is 6.15. The molecular weight excluding hydrogens is 582 g/mol.